The van der Waals surface area contributed by atoms with Crippen molar-refractivity contribution in [2.45, 2.75) is 25.0 Å². The van der Waals surface area contributed by atoms with Crippen molar-refractivity contribution in [3.05, 3.63) is 181 Å². The van der Waals surface area contributed by atoms with Gasteiger partial charge in [-0.1, -0.05) is 121 Å². The maximum Gasteiger partial charge on any atom is 0.0560 e. The van der Waals surface area contributed by atoms with E-state index >= 15 is 0 Å². The lowest BCUT2D eigenvalue weighted by atomic mass is 9.98. The summed E-state index contributed by atoms with van der Waals surface area (Å²) in [4.78, 5) is 0. The van der Waals surface area contributed by atoms with Crippen LogP contribution in [0.1, 0.15) is 30.6 Å². The van der Waals surface area contributed by atoms with Gasteiger partial charge >= 0.3 is 0 Å². The molecule has 1 N–H and O–H groups in total. The average Bonchev–Trinajstić information content (AvgIpc) is 3.73. The molecule has 2 aliphatic rings. The molecule has 2 aromatic heterocycles. The fourth-order valence-corrected chi connectivity index (χ4v) is 8.81. The standard InChI is InChI=1S/C48H35N4/c1-3-14-32(15-4-1)47-48(50-41-21-11-10-20-40(41)49-47)52-42-22-12-9-19-37(42)38-29-33(24-26-43(38)52)34-25-27-44-39(30-34)46-36-18-8-7-13-31(36)23-28-45(46)51(44)35-16-5-2-6-17-35/h1-5,7-16,18-30,47-49H,6,17H2/q-1. The molecule has 0 saturated heterocycles. The predicted molar refractivity (Wildman–Crippen MR) is 219 cm³/mol. The van der Waals surface area contributed by atoms with E-state index in [1.165, 1.54) is 76.8 Å². The average molecular weight is 668 g/mol. The van der Waals surface area contributed by atoms with Crippen LogP contribution >= 0.6 is 0 Å². The molecule has 0 fully saturated rings. The Kier molecular flexibility index (Phi) is 6.47. The van der Waals surface area contributed by atoms with Crippen molar-refractivity contribution in [1.29, 1.82) is 0 Å². The van der Waals surface area contributed by atoms with Crippen LogP contribution < -0.4 is 5.32 Å². The van der Waals surface area contributed by atoms with E-state index < -0.39 is 0 Å². The Morgan fingerprint density at radius 3 is 2.15 bits per heavy atom. The topological polar surface area (TPSA) is 36.0 Å². The van der Waals surface area contributed by atoms with Crippen molar-refractivity contribution in [3.8, 4) is 11.1 Å². The lowest BCUT2D eigenvalue weighted by molar-refractivity contribution is 0.530. The summed E-state index contributed by atoms with van der Waals surface area (Å²) in [6.45, 7) is 0. The van der Waals surface area contributed by atoms with Gasteiger partial charge in [0, 0.05) is 44.0 Å². The molecule has 1 aliphatic heterocycles. The molecular weight excluding hydrogens is 633 g/mol. The highest BCUT2D eigenvalue weighted by molar-refractivity contribution is 6.22. The molecule has 0 amide bonds. The summed E-state index contributed by atoms with van der Waals surface area (Å²) in [5.74, 6) is 0. The van der Waals surface area contributed by atoms with Crippen LogP contribution in [-0.4, -0.2) is 9.13 Å². The van der Waals surface area contributed by atoms with Gasteiger partial charge in [-0.15, -0.1) is 5.69 Å². The predicted octanol–water partition coefficient (Wildman–Crippen LogP) is 13.3. The Balaban J connectivity index is 1.11. The van der Waals surface area contributed by atoms with Crippen molar-refractivity contribution < 1.29 is 0 Å². The number of rotatable bonds is 4. The highest BCUT2D eigenvalue weighted by Crippen LogP contribution is 2.50. The van der Waals surface area contributed by atoms with Gasteiger partial charge in [-0.25, -0.2) is 0 Å². The Morgan fingerprint density at radius 2 is 1.29 bits per heavy atom. The number of hydrogen-bond acceptors (Lipinski definition) is 1. The van der Waals surface area contributed by atoms with Gasteiger partial charge in [0.25, 0.3) is 0 Å². The lowest BCUT2D eigenvalue weighted by Crippen LogP contribution is -2.26. The van der Waals surface area contributed by atoms with Gasteiger partial charge in [0.05, 0.1) is 17.1 Å². The van der Waals surface area contributed by atoms with E-state index in [1.807, 2.05) is 0 Å². The quantitative estimate of drug-likeness (QED) is 0.199. The number of hydrogen-bond donors (Lipinski definition) is 1. The molecule has 52 heavy (non-hydrogen) atoms. The van der Waals surface area contributed by atoms with Crippen LogP contribution in [0.5, 0.6) is 0 Å². The highest BCUT2D eigenvalue weighted by Gasteiger charge is 2.26. The van der Waals surface area contributed by atoms with Crippen LogP contribution in [0.15, 0.2) is 170 Å². The molecule has 0 radical (unpaired) electrons. The summed E-state index contributed by atoms with van der Waals surface area (Å²) in [6, 6.07) is 55.3. The minimum Gasteiger partial charge on any atom is -0.661 e. The monoisotopic (exact) mass is 667 g/mol. The van der Waals surface area contributed by atoms with Crippen molar-refractivity contribution in [2.75, 3.05) is 5.32 Å². The molecule has 3 heterocycles. The highest BCUT2D eigenvalue weighted by atomic mass is 15.3. The van der Waals surface area contributed by atoms with E-state index in [4.69, 9.17) is 5.32 Å². The third kappa shape index (κ3) is 4.40. The van der Waals surface area contributed by atoms with E-state index in [2.05, 4.69) is 184 Å². The second-order valence-corrected chi connectivity index (χ2v) is 14.1. The van der Waals surface area contributed by atoms with Crippen molar-refractivity contribution in [2.24, 2.45) is 0 Å². The number of fused-ring (bicyclic) bond motifs is 9. The molecule has 1 aliphatic carbocycles. The number of nitrogens with zero attached hydrogens (tertiary/aromatic N) is 3. The molecule has 0 bridgehead atoms. The third-order valence-electron chi connectivity index (χ3n) is 11.2. The summed E-state index contributed by atoms with van der Waals surface area (Å²) in [7, 11) is 0. The second-order valence-electron chi connectivity index (χ2n) is 14.1. The number of aromatic nitrogens is 2. The summed E-state index contributed by atoms with van der Waals surface area (Å²) < 4.78 is 4.94. The van der Waals surface area contributed by atoms with Gasteiger partial charge < -0.3 is 19.8 Å². The lowest BCUT2D eigenvalue weighted by Gasteiger charge is -2.48. The normalized spacial score (nSPS) is 17.0. The van der Waals surface area contributed by atoms with E-state index in [9.17, 15) is 0 Å². The largest absolute Gasteiger partial charge is 0.661 e. The van der Waals surface area contributed by atoms with Crippen molar-refractivity contribution >= 4 is 71.5 Å². The first kappa shape index (κ1) is 29.2. The zero-order valence-electron chi connectivity index (χ0n) is 28.6. The summed E-state index contributed by atoms with van der Waals surface area (Å²) in [5.41, 5.74) is 11.9. The van der Waals surface area contributed by atoms with Gasteiger partial charge in [0.15, 0.2) is 0 Å². The number of benzene rings is 7. The first-order valence-corrected chi connectivity index (χ1v) is 18.3. The summed E-state index contributed by atoms with van der Waals surface area (Å²) in [5, 5.41) is 17.0. The molecule has 11 rings (SSSR count). The van der Waals surface area contributed by atoms with Crippen LogP contribution in [0, 0.1) is 0 Å². The molecule has 9 aromatic rings. The SMILES string of the molecule is C1=CCCC(n2c3ccc(-c4ccc5c(c4)c4ccccc4n5C4[N-]c5ccccc5NC4c4ccccc4)cc3c3c4ccccc4ccc32)=C1. The van der Waals surface area contributed by atoms with Crippen LogP contribution in [0.2, 0.25) is 0 Å². The fourth-order valence-electron chi connectivity index (χ4n) is 8.81. The van der Waals surface area contributed by atoms with Gasteiger partial charge in [0.2, 0.25) is 0 Å². The molecule has 2 atom stereocenters. The maximum atomic E-state index is 5.44. The van der Waals surface area contributed by atoms with Crippen LogP contribution in [-0.2, 0) is 0 Å². The Morgan fingerprint density at radius 1 is 0.577 bits per heavy atom. The van der Waals surface area contributed by atoms with Gasteiger partial charge in [-0.05, 0) is 95.0 Å². The number of nitrogens with one attached hydrogen (secondary N) is 1. The zero-order chi connectivity index (χ0) is 34.2. The van der Waals surface area contributed by atoms with Crippen LogP contribution in [0.3, 0.4) is 0 Å². The molecule has 4 nitrogen and oxygen atoms in total. The number of para-hydroxylation sites is 3. The van der Waals surface area contributed by atoms with Crippen molar-refractivity contribution in [1.82, 2.24) is 9.13 Å². The van der Waals surface area contributed by atoms with Crippen molar-refractivity contribution in [3.63, 3.8) is 0 Å². The van der Waals surface area contributed by atoms with E-state index in [0.717, 1.165) is 24.2 Å². The number of anilines is 1. The molecule has 248 valence electrons. The van der Waals surface area contributed by atoms with Gasteiger partial charge in [-0.3, -0.25) is 0 Å². The Labute approximate surface area is 301 Å². The Bertz CT molecular complexity index is 2920. The molecule has 4 heteroatoms. The Hall–Kier alpha value is -6.52. The third-order valence-corrected chi connectivity index (χ3v) is 11.2. The zero-order valence-corrected chi connectivity index (χ0v) is 28.6. The minimum absolute atomic E-state index is 0.0286. The van der Waals surface area contributed by atoms with Crippen LogP contribution in [0.4, 0.5) is 11.4 Å². The number of allylic oxidation sites excluding steroid dienone is 4. The van der Waals surface area contributed by atoms with Gasteiger partial charge in [-0.2, -0.15) is 0 Å². The summed E-state index contributed by atoms with van der Waals surface area (Å²) >= 11 is 0. The maximum absolute atomic E-state index is 5.44. The van der Waals surface area contributed by atoms with Gasteiger partial charge in [0.1, 0.15) is 0 Å². The molecule has 0 saturated carbocycles. The second kappa shape index (κ2) is 11.5. The molecule has 0 spiro atoms. The molecule has 2 unspecified atom stereocenters. The molecular formula is C48H35N4-. The van der Waals surface area contributed by atoms with Crippen LogP contribution in [0.25, 0.3) is 76.5 Å². The smallest absolute Gasteiger partial charge is 0.0560 e. The first-order chi connectivity index (χ1) is 25.8. The minimum atomic E-state index is -0.176. The van der Waals surface area contributed by atoms with E-state index in [-0.39, 0.29) is 12.2 Å². The first-order valence-electron chi connectivity index (χ1n) is 18.3. The van der Waals surface area contributed by atoms with E-state index in [0.29, 0.717) is 0 Å². The van der Waals surface area contributed by atoms with E-state index in [1.54, 1.807) is 0 Å². The fraction of sp³-hybridized carbons (Fsp3) is 0.0833. The summed E-state index contributed by atoms with van der Waals surface area (Å²) in [6.07, 6.45) is 8.67. The molecule has 7 aromatic carbocycles.